The molecule has 1 aliphatic rings. The van der Waals surface area contributed by atoms with Crippen LogP contribution in [0.25, 0.3) is 0 Å². The number of ether oxygens (including phenoxy) is 1. The minimum atomic E-state index is -1.25. The van der Waals surface area contributed by atoms with E-state index >= 15 is 0 Å². The maximum atomic E-state index is 11.7. The van der Waals surface area contributed by atoms with Crippen molar-refractivity contribution >= 4 is 0 Å². The SMILES string of the molecule is CCCc1cc2c(c(=O)o1)[C@H](O)[C@H](O)[C@H](C)O2. The zero-order valence-electron chi connectivity index (χ0n) is 9.84. The average molecular weight is 240 g/mol. The summed E-state index contributed by atoms with van der Waals surface area (Å²) in [6.45, 7) is 3.62. The van der Waals surface area contributed by atoms with E-state index in [2.05, 4.69) is 0 Å². The fourth-order valence-electron chi connectivity index (χ4n) is 1.96. The van der Waals surface area contributed by atoms with Crippen LogP contribution in [0.1, 0.15) is 37.7 Å². The van der Waals surface area contributed by atoms with Gasteiger partial charge in [-0.25, -0.2) is 4.79 Å². The number of hydrogen-bond acceptors (Lipinski definition) is 5. The van der Waals surface area contributed by atoms with Crippen LogP contribution in [-0.2, 0) is 6.42 Å². The average Bonchev–Trinajstić information content (AvgIpc) is 2.25. The van der Waals surface area contributed by atoms with E-state index in [0.717, 1.165) is 6.42 Å². The van der Waals surface area contributed by atoms with Crippen molar-refractivity contribution in [2.45, 2.75) is 45.0 Å². The molecule has 0 saturated heterocycles. The summed E-state index contributed by atoms with van der Waals surface area (Å²) in [6, 6.07) is 1.62. The summed E-state index contributed by atoms with van der Waals surface area (Å²) in [5.74, 6) is 0.849. The zero-order chi connectivity index (χ0) is 12.6. The highest BCUT2D eigenvalue weighted by atomic mass is 16.5. The van der Waals surface area contributed by atoms with Gasteiger partial charge in [0.05, 0.1) is 0 Å². The second kappa shape index (κ2) is 4.50. The van der Waals surface area contributed by atoms with Crippen molar-refractivity contribution in [3.05, 3.63) is 27.8 Å². The first kappa shape index (κ1) is 12.1. The summed E-state index contributed by atoms with van der Waals surface area (Å²) in [4.78, 5) is 11.7. The van der Waals surface area contributed by atoms with Gasteiger partial charge >= 0.3 is 5.63 Å². The third-order valence-electron chi connectivity index (χ3n) is 2.91. The first-order chi connectivity index (χ1) is 8.04. The molecule has 0 unspecified atom stereocenters. The fraction of sp³-hybridized carbons (Fsp3) is 0.583. The lowest BCUT2D eigenvalue weighted by molar-refractivity contribution is -0.0637. The number of aliphatic hydroxyl groups is 2. The largest absolute Gasteiger partial charge is 0.487 e. The molecular formula is C12H16O5. The smallest absolute Gasteiger partial charge is 0.345 e. The molecule has 0 aliphatic carbocycles. The van der Waals surface area contributed by atoms with Gasteiger partial charge in [-0.1, -0.05) is 6.92 Å². The van der Waals surface area contributed by atoms with Crippen LogP contribution in [0.5, 0.6) is 5.75 Å². The normalized spacial score (nSPS) is 27.4. The maximum Gasteiger partial charge on any atom is 0.345 e. The Morgan fingerprint density at radius 3 is 2.76 bits per heavy atom. The summed E-state index contributed by atoms with van der Waals surface area (Å²) in [6.07, 6.45) is -1.42. The quantitative estimate of drug-likeness (QED) is 0.798. The molecule has 2 rings (SSSR count). The number of rotatable bonds is 2. The summed E-state index contributed by atoms with van der Waals surface area (Å²) in [7, 11) is 0. The van der Waals surface area contributed by atoms with Gasteiger partial charge in [-0.3, -0.25) is 0 Å². The van der Waals surface area contributed by atoms with E-state index in [-0.39, 0.29) is 5.56 Å². The van der Waals surface area contributed by atoms with E-state index in [0.29, 0.717) is 17.9 Å². The van der Waals surface area contributed by atoms with Gasteiger partial charge in [-0.2, -0.15) is 0 Å². The standard InChI is InChI=1S/C12H16O5/c1-3-4-7-5-8-9(12(15)17-7)11(14)10(13)6(2)16-8/h5-6,10-11,13-14H,3-4H2,1-2H3/t6-,10+,11-/m0/s1. The molecule has 0 bridgehead atoms. The third kappa shape index (κ3) is 2.08. The van der Waals surface area contributed by atoms with E-state index in [1.165, 1.54) is 0 Å². The maximum absolute atomic E-state index is 11.7. The van der Waals surface area contributed by atoms with Gasteiger partial charge in [-0.05, 0) is 13.3 Å². The Morgan fingerprint density at radius 1 is 1.41 bits per heavy atom. The van der Waals surface area contributed by atoms with Crippen molar-refractivity contribution in [1.29, 1.82) is 0 Å². The lowest BCUT2D eigenvalue weighted by atomic mass is 9.98. The van der Waals surface area contributed by atoms with Crippen LogP contribution in [-0.4, -0.2) is 22.4 Å². The molecular weight excluding hydrogens is 224 g/mol. The monoisotopic (exact) mass is 240 g/mol. The molecule has 2 heterocycles. The molecule has 0 amide bonds. The minimum Gasteiger partial charge on any atom is -0.487 e. The highest BCUT2D eigenvalue weighted by Crippen LogP contribution is 2.33. The zero-order valence-corrected chi connectivity index (χ0v) is 9.84. The van der Waals surface area contributed by atoms with Crippen LogP contribution in [0.4, 0.5) is 0 Å². The Morgan fingerprint density at radius 2 is 2.12 bits per heavy atom. The Hall–Kier alpha value is -1.33. The van der Waals surface area contributed by atoms with E-state index < -0.39 is 23.9 Å². The topological polar surface area (TPSA) is 79.9 Å². The van der Waals surface area contributed by atoms with Crippen molar-refractivity contribution in [1.82, 2.24) is 0 Å². The molecule has 0 fully saturated rings. The molecule has 17 heavy (non-hydrogen) atoms. The first-order valence-electron chi connectivity index (χ1n) is 5.74. The molecule has 2 N–H and O–H groups in total. The molecule has 0 radical (unpaired) electrons. The molecule has 1 aromatic heterocycles. The van der Waals surface area contributed by atoms with Gasteiger partial charge in [-0.15, -0.1) is 0 Å². The summed E-state index contributed by atoms with van der Waals surface area (Å²) >= 11 is 0. The van der Waals surface area contributed by atoms with E-state index in [9.17, 15) is 15.0 Å². The molecule has 0 saturated carbocycles. The number of fused-ring (bicyclic) bond motifs is 1. The van der Waals surface area contributed by atoms with Gasteiger partial charge in [0.25, 0.3) is 0 Å². The van der Waals surface area contributed by atoms with Crippen LogP contribution in [0, 0.1) is 0 Å². The van der Waals surface area contributed by atoms with Crippen LogP contribution < -0.4 is 10.4 Å². The Labute approximate surface area is 98.6 Å². The van der Waals surface area contributed by atoms with Gasteiger partial charge < -0.3 is 19.4 Å². The number of hydrogen-bond donors (Lipinski definition) is 2. The second-order valence-corrected chi connectivity index (χ2v) is 4.29. The molecule has 5 nitrogen and oxygen atoms in total. The van der Waals surface area contributed by atoms with Crippen molar-refractivity contribution in [3.63, 3.8) is 0 Å². The first-order valence-corrected chi connectivity index (χ1v) is 5.74. The van der Waals surface area contributed by atoms with Gasteiger partial charge in [0, 0.05) is 12.5 Å². The van der Waals surface area contributed by atoms with Crippen LogP contribution in [0.3, 0.4) is 0 Å². The summed E-state index contributed by atoms with van der Waals surface area (Å²) in [5.41, 5.74) is -0.625. The number of aryl methyl sites for hydroxylation is 1. The van der Waals surface area contributed by atoms with Crippen molar-refractivity contribution in [3.8, 4) is 5.75 Å². The van der Waals surface area contributed by atoms with E-state index in [4.69, 9.17) is 9.15 Å². The van der Waals surface area contributed by atoms with Crippen molar-refractivity contribution < 1.29 is 19.4 Å². The molecule has 94 valence electrons. The minimum absolute atomic E-state index is 0.00968. The van der Waals surface area contributed by atoms with Crippen molar-refractivity contribution in [2.75, 3.05) is 0 Å². The highest BCUT2D eigenvalue weighted by Gasteiger charge is 2.36. The fourth-order valence-corrected chi connectivity index (χ4v) is 1.96. The predicted octanol–water partition coefficient (Wildman–Crippen LogP) is 0.767. The predicted molar refractivity (Wildman–Crippen MR) is 60.0 cm³/mol. The van der Waals surface area contributed by atoms with Gasteiger partial charge in [0.2, 0.25) is 0 Å². The van der Waals surface area contributed by atoms with Crippen molar-refractivity contribution in [2.24, 2.45) is 0 Å². The molecule has 1 aromatic rings. The number of aliphatic hydroxyl groups excluding tert-OH is 2. The Kier molecular flexibility index (Phi) is 3.22. The lowest BCUT2D eigenvalue weighted by Crippen LogP contribution is -2.41. The Balaban J connectivity index is 2.49. The molecule has 1 aliphatic heterocycles. The third-order valence-corrected chi connectivity index (χ3v) is 2.91. The lowest BCUT2D eigenvalue weighted by Gasteiger charge is -2.31. The van der Waals surface area contributed by atoms with Crippen LogP contribution >= 0.6 is 0 Å². The van der Waals surface area contributed by atoms with Crippen LogP contribution in [0.2, 0.25) is 0 Å². The second-order valence-electron chi connectivity index (χ2n) is 4.29. The van der Waals surface area contributed by atoms with Gasteiger partial charge in [0.1, 0.15) is 35.4 Å². The van der Waals surface area contributed by atoms with E-state index in [1.54, 1.807) is 13.0 Å². The van der Waals surface area contributed by atoms with Gasteiger partial charge in [0.15, 0.2) is 0 Å². The molecule has 3 atom stereocenters. The molecule has 5 heteroatoms. The van der Waals surface area contributed by atoms with Crippen LogP contribution in [0.15, 0.2) is 15.3 Å². The van der Waals surface area contributed by atoms with E-state index in [1.807, 2.05) is 6.92 Å². The molecule has 0 spiro atoms. The summed E-state index contributed by atoms with van der Waals surface area (Å²) in [5, 5.41) is 19.4. The Bertz CT molecular complexity index is 464. The summed E-state index contributed by atoms with van der Waals surface area (Å²) < 4.78 is 10.5. The molecule has 0 aromatic carbocycles. The highest BCUT2D eigenvalue weighted by molar-refractivity contribution is 5.36.